The molecule has 2 amide bonds. The maximum atomic E-state index is 13.0. The van der Waals surface area contributed by atoms with Gasteiger partial charge in [-0.15, -0.1) is 0 Å². The first-order chi connectivity index (χ1) is 12.6. The van der Waals surface area contributed by atoms with Crippen LogP contribution in [0.15, 0.2) is 24.3 Å². The second-order valence-electron chi connectivity index (χ2n) is 7.38. The molecule has 3 rings (SSSR count). The van der Waals surface area contributed by atoms with Crippen molar-refractivity contribution >= 4 is 17.5 Å². The van der Waals surface area contributed by atoms with Crippen LogP contribution in [0.2, 0.25) is 0 Å². The molecule has 1 unspecified atom stereocenters. The average Bonchev–Trinajstić information content (AvgIpc) is 3.34. The van der Waals surface area contributed by atoms with E-state index in [0.717, 1.165) is 38.8 Å². The van der Waals surface area contributed by atoms with Crippen molar-refractivity contribution in [2.45, 2.75) is 32.6 Å². The minimum atomic E-state index is -0.184. The fraction of sp³-hybridized carbons (Fsp3) is 0.600. The van der Waals surface area contributed by atoms with Crippen LogP contribution >= 0.6 is 0 Å². The van der Waals surface area contributed by atoms with Gasteiger partial charge in [0.05, 0.1) is 19.3 Å². The first-order valence-electron chi connectivity index (χ1n) is 9.52. The lowest BCUT2D eigenvalue weighted by Crippen LogP contribution is -2.41. The molecular formula is C20H29N3O3. The number of piperidine rings is 1. The van der Waals surface area contributed by atoms with Gasteiger partial charge in [-0.1, -0.05) is 19.1 Å². The molecule has 1 aromatic carbocycles. The smallest absolute Gasteiger partial charge is 0.244 e. The van der Waals surface area contributed by atoms with E-state index in [1.54, 1.807) is 24.1 Å². The number of amides is 2. The summed E-state index contributed by atoms with van der Waals surface area (Å²) in [6.45, 7) is 4.72. The van der Waals surface area contributed by atoms with Gasteiger partial charge in [0.2, 0.25) is 11.8 Å². The monoisotopic (exact) mass is 359 g/mol. The first kappa shape index (κ1) is 18.7. The number of anilines is 1. The topological polar surface area (TPSA) is 70.7 Å². The summed E-state index contributed by atoms with van der Waals surface area (Å²) in [5.41, 5.74) is 0.818. The number of ether oxygens (including phenoxy) is 1. The molecule has 1 aromatic rings. The standard InChI is InChI=1S/C20H29N3O3/c1-3-12-23(19(25)15-13-20(15)8-10-21-11-9-20)14-18(24)22-16-6-4-5-7-17(16)26-2/h4-7,15,21H,3,8-14H2,1-2H3,(H,22,24). The van der Waals surface area contributed by atoms with Crippen molar-refractivity contribution in [3.05, 3.63) is 24.3 Å². The van der Waals surface area contributed by atoms with E-state index in [9.17, 15) is 9.59 Å². The van der Waals surface area contributed by atoms with Crippen molar-refractivity contribution in [1.29, 1.82) is 0 Å². The van der Waals surface area contributed by atoms with E-state index in [2.05, 4.69) is 10.6 Å². The van der Waals surface area contributed by atoms with Crippen LogP contribution in [0.1, 0.15) is 32.6 Å². The third-order valence-electron chi connectivity index (χ3n) is 5.61. The van der Waals surface area contributed by atoms with Crippen molar-refractivity contribution in [2.24, 2.45) is 11.3 Å². The van der Waals surface area contributed by atoms with Crippen molar-refractivity contribution in [3.8, 4) is 5.75 Å². The summed E-state index contributed by atoms with van der Waals surface area (Å²) in [5, 5.41) is 6.23. The highest BCUT2D eigenvalue weighted by atomic mass is 16.5. The molecule has 1 atom stereocenters. The second kappa shape index (κ2) is 8.08. The number of carbonyl (C=O) groups excluding carboxylic acids is 2. The molecule has 2 fully saturated rings. The molecule has 1 spiro atoms. The second-order valence-corrected chi connectivity index (χ2v) is 7.38. The maximum Gasteiger partial charge on any atom is 0.244 e. The summed E-state index contributed by atoms with van der Waals surface area (Å²) in [5.74, 6) is 0.667. The molecule has 0 aromatic heterocycles. The summed E-state index contributed by atoms with van der Waals surface area (Å²) >= 11 is 0. The van der Waals surface area contributed by atoms with Gasteiger partial charge in [0.15, 0.2) is 0 Å². The van der Waals surface area contributed by atoms with Crippen molar-refractivity contribution < 1.29 is 14.3 Å². The fourth-order valence-electron chi connectivity index (χ4n) is 4.04. The molecule has 1 saturated carbocycles. The highest BCUT2D eigenvalue weighted by molar-refractivity contribution is 5.96. The first-order valence-corrected chi connectivity index (χ1v) is 9.52. The van der Waals surface area contributed by atoms with E-state index in [0.29, 0.717) is 18.0 Å². The van der Waals surface area contributed by atoms with Gasteiger partial charge < -0.3 is 20.3 Å². The Morgan fingerprint density at radius 1 is 1.31 bits per heavy atom. The molecule has 0 bridgehead atoms. The van der Waals surface area contributed by atoms with Crippen LogP contribution in [0, 0.1) is 11.3 Å². The predicted molar refractivity (Wildman–Crippen MR) is 101 cm³/mol. The molecular weight excluding hydrogens is 330 g/mol. The zero-order valence-electron chi connectivity index (χ0n) is 15.7. The summed E-state index contributed by atoms with van der Waals surface area (Å²) in [4.78, 5) is 27.2. The molecule has 26 heavy (non-hydrogen) atoms. The Kier molecular flexibility index (Phi) is 5.81. The number of benzene rings is 1. The van der Waals surface area contributed by atoms with E-state index in [4.69, 9.17) is 4.74 Å². The van der Waals surface area contributed by atoms with Gasteiger partial charge in [0.1, 0.15) is 5.75 Å². The van der Waals surface area contributed by atoms with Crippen LogP contribution < -0.4 is 15.4 Å². The number of para-hydroxylation sites is 2. The number of hydrogen-bond donors (Lipinski definition) is 2. The van der Waals surface area contributed by atoms with Gasteiger partial charge in [-0.25, -0.2) is 0 Å². The normalized spacial score (nSPS) is 20.5. The molecule has 1 aliphatic carbocycles. The highest BCUT2D eigenvalue weighted by Gasteiger charge is 2.58. The van der Waals surface area contributed by atoms with Gasteiger partial charge in [-0.3, -0.25) is 9.59 Å². The van der Waals surface area contributed by atoms with Crippen LogP contribution in [0.4, 0.5) is 5.69 Å². The van der Waals surface area contributed by atoms with Crippen molar-refractivity contribution in [3.63, 3.8) is 0 Å². The Morgan fingerprint density at radius 3 is 2.73 bits per heavy atom. The fourth-order valence-corrected chi connectivity index (χ4v) is 4.04. The van der Waals surface area contributed by atoms with Crippen molar-refractivity contribution in [1.82, 2.24) is 10.2 Å². The van der Waals surface area contributed by atoms with Crippen LogP contribution in [-0.2, 0) is 9.59 Å². The number of nitrogens with zero attached hydrogens (tertiary/aromatic N) is 1. The van der Waals surface area contributed by atoms with Gasteiger partial charge in [0.25, 0.3) is 0 Å². The van der Waals surface area contributed by atoms with Gasteiger partial charge in [0, 0.05) is 12.5 Å². The number of methoxy groups -OCH3 is 1. The van der Waals surface area contributed by atoms with E-state index in [1.165, 1.54) is 0 Å². The van der Waals surface area contributed by atoms with Crippen LogP contribution in [0.25, 0.3) is 0 Å². The van der Waals surface area contributed by atoms with E-state index < -0.39 is 0 Å². The summed E-state index contributed by atoms with van der Waals surface area (Å²) < 4.78 is 5.27. The van der Waals surface area contributed by atoms with E-state index >= 15 is 0 Å². The quantitative estimate of drug-likeness (QED) is 0.783. The molecule has 1 heterocycles. The molecule has 1 aliphatic heterocycles. The van der Waals surface area contributed by atoms with Crippen LogP contribution in [0.3, 0.4) is 0 Å². The number of hydrogen-bond acceptors (Lipinski definition) is 4. The Hall–Kier alpha value is -2.08. The molecule has 2 N–H and O–H groups in total. The molecule has 0 radical (unpaired) electrons. The van der Waals surface area contributed by atoms with Gasteiger partial charge in [-0.2, -0.15) is 0 Å². The molecule has 1 saturated heterocycles. The summed E-state index contributed by atoms with van der Waals surface area (Å²) in [7, 11) is 1.57. The Bertz CT molecular complexity index is 655. The lowest BCUT2D eigenvalue weighted by Gasteiger charge is -2.26. The van der Waals surface area contributed by atoms with E-state index in [-0.39, 0.29) is 29.7 Å². The Morgan fingerprint density at radius 2 is 2.04 bits per heavy atom. The third-order valence-corrected chi connectivity index (χ3v) is 5.61. The Balaban J connectivity index is 1.61. The minimum Gasteiger partial charge on any atom is -0.495 e. The maximum absolute atomic E-state index is 13.0. The number of carbonyl (C=O) groups is 2. The van der Waals surface area contributed by atoms with Crippen LogP contribution in [0.5, 0.6) is 5.75 Å². The average molecular weight is 359 g/mol. The van der Waals surface area contributed by atoms with E-state index in [1.807, 2.05) is 19.1 Å². The third kappa shape index (κ3) is 4.01. The zero-order valence-corrected chi connectivity index (χ0v) is 15.7. The largest absolute Gasteiger partial charge is 0.495 e. The van der Waals surface area contributed by atoms with Crippen molar-refractivity contribution in [2.75, 3.05) is 38.6 Å². The predicted octanol–water partition coefficient (Wildman–Crippen LogP) is 2.26. The zero-order chi connectivity index (χ0) is 18.6. The van der Waals surface area contributed by atoms with Crippen LogP contribution in [-0.4, -0.2) is 50.0 Å². The summed E-state index contributed by atoms with van der Waals surface area (Å²) in [6.07, 6.45) is 3.95. The molecule has 142 valence electrons. The number of nitrogens with one attached hydrogen (secondary N) is 2. The molecule has 2 aliphatic rings. The minimum absolute atomic E-state index is 0.0928. The Labute approximate surface area is 155 Å². The summed E-state index contributed by atoms with van der Waals surface area (Å²) in [6, 6.07) is 7.30. The van der Waals surface area contributed by atoms with Gasteiger partial charge >= 0.3 is 0 Å². The lowest BCUT2D eigenvalue weighted by molar-refractivity contribution is -0.136. The lowest BCUT2D eigenvalue weighted by atomic mass is 9.91. The SMILES string of the molecule is CCCN(CC(=O)Nc1ccccc1OC)C(=O)C1CC12CCNCC2. The van der Waals surface area contributed by atoms with Gasteiger partial charge in [-0.05, 0) is 56.3 Å². The highest BCUT2D eigenvalue weighted by Crippen LogP contribution is 2.59. The molecule has 6 nitrogen and oxygen atoms in total. The number of rotatable bonds is 7. The molecule has 6 heteroatoms.